The summed E-state index contributed by atoms with van der Waals surface area (Å²) in [4.78, 5) is 13.9. The van der Waals surface area contributed by atoms with Crippen molar-refractivity contribution in [3.63, 3.8) is 0 Å². The number of nitrogens with one attached hydrogen (secondary N) is 1. The second-order valence-corrected chi connectivity index (χ2v) is 7.33. The van der Waals surface area contributed by atoms with Crippen molar-refractivity contribution in [2.75, 3.05) is 40.5 Å². The fourth-order valence-electron chi connectivity index (χ4n) is 3.29. The van der Waals surface area contributed by atoms with Crippen molar-refractivity contribution >= 4 is 23.5 Å². The largest absolute Gasteiger partial charge is 0.507 e. The van der Waals surface area contributed by atoms with Crippen LogP contribution in [0.25, 0.3) is 6.08 Å². The summed E-state index contributed by atoms with van der Waals surface area (Å²) in [6.07, 6.45) is 1.29. The molecule has 0 amide bonds. The predicted octanol–water partition coefficient (Wildman–Crippen LogP) is 2.48. The number of Topliss-reactive ketones (excluding diaryl/α,β-unsaturated/α-hetero) is 1. The third-order valence-corrected chi connectivity index (χ3v) is 5.27. The van der Waals surface area contributed by atoms with Gasteiger partial charge >= 0.3 is 0 Å². The van der Waals surface area contributed by atoms with E-state index < -0.39 is 5.82 Å². The summed E-state index contributed by atoms with van der Waals surface area (Å²) in [5.74, 6) is -0.676. The van der Waals surface area contributed by atoms with E-state index >= 15 is 0 Å². The Morgan fingerprint density at radius 1 is 1.17 bits per heavy atom. The molecule has 0 bridgehead atoms. The number of rotatable bonds is 9. The molecule has 0 saturated heterocycles. The minimum atomic E-state index is -0.555. The highest BCUT2D eigenvalue weighted by Gasteiger charge is 2.33. The summed E-state index contributed by atoms with van der Waals surface area (Å²) in [5, 5.41) is 10.6. The Balaban J connectivity index is 1.93. The SMILES string of the molecule is COCC[NH+](CCOC)Cc1c(O)ccc2c1O/C(=C\c1c(F)cccc1Cl)C2=O. The van der Waals surface area contributed by atoms with Crippen molar-refractivity contribution in [3.8, 4) is 11.5 Å². The molecule has 0 fully saturated rings. The van der Waals surface area contributed by atoms with E-state index in [1.54, 1.807) is 14.2 Å². The van der Waals surface area contributed by atoms with Gasteiger partial charge in [-0.25, -0.2) is 4.39 Å². The highest BCUT2D eigenvalue weighted by atomic mass is 35.5. The van der Waals surface area contributed by atoms with Gasteiger partial charge in [0.1, 0.15) is 31.2 Å². The molecule has 0 aromatic heterocycles. The van der Waals surface area contributed by atoms with Gasteiger partial charge in [-0.1, -0.05) is 17.7 Å². The Morgan fingerprint density at radius 3 is 2.50 bits per heavy atom. The molecular weight excluding hydrogens is 413 g/mol. The molecule has 2 N–H and O–H groups in total. The number of ketones is 1. The third kappa shape index (κ3) is 4.82. The Hall–Kier alpha value is -2.45. The number of benzene rings is 2. The molecular formula is C22H24ClFNO5+. The topological polar surface area (TPSA) is 69.4 Å². The number of fused-ring (bicyclic) bond motifs is 1. The number of aromatic hydroxyl groups is 1. The van der Waals surface area contributed by atoms with Crippen LogP contribution >= 0.6 is 11.6 Å². The number of methoxy groups -OCH3 is 2. The van der Waals surface area contributed by atoms with Crippen LogP contribution in [0.2, 0.25) is 5.02 Å². The van der Waals surface area contributed by atoms with E-state index in [2.05, 4.69) is 0 Å². The van der Waals surface area contributed by atoms with Crippen LogP contribution in [-0.4, -0.2) is 51.4 Å². The maximum Gasteiger partial charge on any atom is 0.231 e. The molecule has 8 heteroatoms. The van der Waals surface area contributed by atoms with Crippen LogP contribution in [0, 0.1) is 5.82 Å². The standard InChI is InChI=1S/C22H23ClFNO5/c1-28-10-8-25(9-11-29-2)13-16-19(26)7-6-14-21(27)20(30-22(14)16)12-15-17(23)4-3-5-18(15)24/h3-7,12,26H,8-11,13H2,1-2H3/p+1/b20-12-. The lowest BCUT2D eigenvalue weighted by molar-refractivity contribution is -0.914. The zero-order chi connectivity index (χ0) is 21.7. The summed E-state index contributed by atoms with van der Waals surface area (Å²) < 4.78 is 30.3. The lowest BCUT2D eigenvalue weighted by atomic mass is 10.0. The van der Waals surface area contributed by atoms with E-state index in [0.717, 1.165) is 4.90 Å². The molecule has 0 unspecified atom stereocenters. The van der Waals surface area contributed by atoms with Crippen molar-refractivity contribution in [2.24, 2.45) is 0 Å². The molecule has 0 aliphatic carbocycles. The van der Waals surface area contributed by atoms with Gasteiger partial charge in [0.25, 0.3) is 0 Å². The van der Waals surface area contributed by atoms with Crippen molar-refractivity contribution in [3.05, 3.63) is 63.6 Å². The minimum Gasteiger partial charge on any atom is -0.507 e. The van der Waals surface area contributed by atoms with Gasteiger partial charge in [-0.05, 0) is 30.3 Å². The first-order chi connectivity index (χ1) is 14.5. The summed E-state index contributed by atoms with van der Waals surface area (Å²) in [5.41, 5.74) is 0.902. The molecule has 0 atom stereocenters. The Bertz CT molecular complexity index is 935. The predicted molar refractivity (Wildman–Crippen MR) is 111 cm³/mol. The smallest absolute Gasteiger partial charge is 0.231 e. The lowest BCUT2D eigenvalue weighted by Gasteiger charge is -2.20. The van der Waals surface area contributed by atoms with Crippen molar-refractivity contribution < 1.29 is 33.4 Å². The molecule has 1 aliphatic rings. The molecule has 1 heterocycles. The van der Waals surface area contributed by atoms with E-state index in [1.807, 2.05) is 0 Å². The van der Waals surface area contributed by atoms with Gasteiger partial charge < -0.3 is 24.2 Å². The number of phenols is 1. The van der Waals surface area contributed by atoms with E-state index in [9.17, 15) is 14.3 Å². The van der Waals surface area contributed by atoms with Crippen LogP contribution < -0.4 is 9.64 Å². The second-order valence-electron chi connectivity index (χ2n) is 6.93. The van der Waals surface area contributed by atoms with Gasteiger partial charge in [-0.15, -0.1) is 0 Å². The number of ether oxygens (including phenoxy) is 3. The van der Waals surface area contributed by atoms with Gasteiger partial charge in [0, 0.05) is 19.8 Å². The lowest BCUT2D eigenvalue weighted by Crippen LogP contribution is -3.11. The Kier molecular flexibility index (Phi) is 7.44. The van der Waals surface area contributed by atoms with Gasteiger partial charge in [-0.3, -0.25) is 4.79 Å². The number of carbonyl (C=O) groups excluding carboxylic acids is 1. The van der Waals surface area contributed by atoms with Crippen molar-refractivity contribution in [1.29, 1.82) is 0 Å². The van der Waals surface area contributed by atoms with Gasteiger partial charge in [0.2, 0.25) is 5.78 Å². The van der Waals surface area contributed by atoms with Crippen LogP contribution in [-0.2, 0) is 16.0 Å². The molecule has 0 spiro atoms. The van der Waals surface area contributed by atoms with E-state index in [4.69, 9.17) is 25.8 Å². The summed E-state index contributed by atoms with van der Waals surface area (Å²) in [7, 11) is 3.25. The Labute approximate surface area is 179 Å². The number of phenolic OH excluding ortho intramolecular Hbond substituents is 1. The van der Waals surface area contributed by atoms with E-state index in [1.165, 1.54) is 36.4 Å². The highest BCUT2D eigenvalue weighted by Crippen LogP contribution is 2.39. The van der Waals surface area contributed by atoms with Crippen molar-refractivity contribution in [2.45, 2.75) is 6.54 Å². The monoisotopic (exact) mass is 436 g/mol. The van der Waals surface area contributed by atoms with E-state index in [0.29, 0.717) is 44.0 Å². The number of hydrogen-bond donors (Lipinski definition) is 2. The summed E-state index contributed by atoms with van der Waals surface area (Å²) >= 11 is 6.07. The molecule has 6 nitrogen and oxygen atoms in total. The van der Waals surface area contributed by atoms with Crippen LogP contribution in [0.15, 0.2) is 36.1 Å². The minimum absolute atomic E-state index is 0.0269. The maximum atomic E-state index is 14.1. The molecule has 1 aliphatic heterocycles. The molecule has 0 radical (unpaired) electrons. The van der Waals surface area contributed by atoms with Gasteiger partial charge in [0.05, 0.1) is 29.4 Å². The average molecular weight is 437 g/mol. The maximum absolute atomic E-state index is 14.1. The molecule has 2 aromatic rings. The number of allylic oxidation sites excluding steroid dienone is 1. The van der Waals surface area contributed by atoms with Crippen LogP contribution in [0.3, 0.4) is 0 Å². The number of halogens is 2. The quantitative estimate of drug-likeness (QED) is 0.591. The van der Waals surface area contributed by atoms with Gasteiger partial charge in [0.15, 0.2) is 11.5 Å². The van der Waals surface area contributed by atoms with Gasteiger partial charge in [-0.2, -0.15) is 0 Å². The zero-order valence-corrected chi connectivity index (χ0v) is 17.6. The second kappa shape index (κ2) is 10.0. The first-order valence-corrected chi connectivity index (χ1v) is 9.88. The van der Waals surface area contributed by atoms with Crippen LogP contribution in [0.1, 0.15) is 21.5 Å². The van der Waals surface area contributed by atoms with Crippen LogP contribution in [0.5, 0.6) is 11.5 Å². The molecule has 2 aromatic carbocycles. The summed E-state index contributed by atoms with van der Waals surface area (Å²) in [6.45, 7) is 2.84. The fraction of sp³-hybridized carbons (Fsp3) is 0.318. The molecule has 3 rings (SSSR count). The third-order valence-electron chi connectivity index (χ3n) is 4.94. The number of quaternary nitrogens is 1. The molecule has 0 saturated carbocycles. The first kappa shape index (κ1) is 22.2. The highest BCUT2D eigenvalue weighted by molar-refractivity contribution is 6.32. The Morgan fingerprint density at radius 2 is 1.87 bits per heavy atom. The normalized spacial score (nSPS) is 14.4. The number of carbonyl (C=O) groups is 1. The fourth-order valence-corrected chi connectivity index (χ4v) is 3.51. The molecule has 30 heavy (non-hydrogen) atoms. The molecule has 160 valence electrons. The first-order valence-electron chi connectivity index (χ1n) is 9.50. The zero-order valence-electron chi connectivity index (χ0n) is 16.8. The summed E-state index contributed by atoms with van der Waals surface area (Å²) in [6, 6.07) is 7.25. The average Bonchev–Trinajstić information content (AvgIpc) is 3.04. The van der Waals surface area contributed by atoms with E-state index in [-0.39, 0.29) is 33.6 Å². The number of hydrogen-bond acceptors (Lipinski definition) is 5. The van der Waals surface area contributed by atoms with Crippen LogP contribution in [0.4, 0.5) is 4.39 Å². The van der Waals surface area contributed by atoms with Crippen molar-refractivity contribution in [1.82, 2.24) is 0 Å².